The molecule has 0 fully saturated rings. The SMILES string of the molecule is C1=CC2c3c(ccc4c3sc3ccccc34)N(c3nccc(-c4cccc(-c5ccc(-c6ccccc6)cc5)c4)n3)C2C=C1. The van der Waals surface area contributed by atoms with Gasteiger partial charge in [0.15, 0.2) is 0 Å². The molecule has 0 amide bonds. The molecule has 44 heavy (non-hydrogen) atoms. The molecule has 9 rings (SSSR count). The van der Waals surface area contributed by atoms with E-state index in [-0.39, 0.29) is 12.0 Å². The number of hydrogen-bond acceptors (Lipinski definition) is 4. The average molecular weight is 582 g/mol. The lowest BCUT2D eigenvalue weighted by Crippen LogP contribution is -2.30. The Bertz CT molecular complexity index is 2250. The van der Waals surface area contributed by atoms with Crippen LogP contribution in [0.1, 0.15) is 11.5 Å². The van der Waals surface area contributed by atoms with E-state index in [4.69, 9.17) is 9.97 Å². The standard InChI is InChI=1S/C40H27N3S/c1-2-9-26(10-3-1)27-17-19-28(20-18-27)29-11-8-12-30(25-29)34-23-24-41-40(42-34)43-35-15-6-4-14-33(35)38-36(43)22-21-32-31-13-5-7-16-37(31)44-39(32)38/h1-25,33,35H. The quantitative estimate of drug-likeness (QED) is 0.207. The topological polar surface area (TPSA) is 29.0 Å². The number of anilines is 2. The van der Waals surface area contributed by atoms with E-state index in [9.17, 15) is 0 Å². The van der Waals surface area contributed by atoms with Crippen molar-refractivity contribution in [2.24, 2.45) is 0 Å². The van der Waals surface area contributed by atoms with E-state index in [1.165, 1.54) is 53.7 Å². The maximum Gasteiger partial charge on any atom is 0.231 e. The van der Waals surface area contributed by atoms with E-state index < -0.39 is 0 Å². The zero-order valence-electron chi connectivity index (χ0n) is 23.8. The molecule has 2 atom stereocenters. The van der Waals surface area contributed by atoms with Gasteiger partial charge in [-0.25, -0.2) is 9.97 Å². The van der Waals surface area contributed by atoms with Crippen molar-refractivity contribution in [2.45, 2.75) is 12.0 Å². The van der Waals surface area contributed by atoms with Crippen molar-refractivity contribution in [3.8, 4) is 33.5 Å². The first kappa shape index (κ1) is 25.2. The third-order valence-electron chi connectivity index (χ3n) is 8.90. The van der Waals surface area contributed by atoms with Crippen LogP contribution in [0, 0.1) is 0 Å². The van der Waals surface area contributed by atoms with Gasteiger partial charge in [0.05, 0.1) is 11.7 Å². The second kappa shape index (κ2) is 10.1. The minimum Gasteiger partial charge on any atom is -0.302 e. The largest absolute Gasteiger partial charge is 0.302 e. The molecule has 1 aliphatic heterocycles. The van der Waals surface area contributed by atoms with Crippen molar-refractivity contribution in [3.05, 3.63) is 157 Å². The molecule has 1 aliphatic carbocycles. The number of rotatable bonds is 4. The molecule has 7 aromatic rings. The first-order valence-electron chi connectivity index (χ1n) is 15.0. The number of aromatic nitrogens is 2. The van der Waals surface area contributed by atoms with Crippen LogP contribution in [0.5, 0.6) is 0 Å². The van der Waals surface area contributed by atoms with Crippen molar-refractivity contribution in [1.29, 1.82) is 0 Å². The van der Waals surface area contributed by atoms with Gasteiger partial charge in [-0.3, -0.25) is 0 Å². The Balaban J connectivity index is 1.10. The fourth-order valence-electron chi connectivity index (χ4n) is 6.81. The van der Waals surface area contributed by atoms with E-state index in [1.54, 1.807) is 0 Å². The number of fused-ring (bicyclic) bond motifs is 7. The Morgan fingerprint density at radius 1 is 0.591 bits per heavy atom. The van der Waals surface area contributed by atoms with Gasteiger partial charge in [-0.1, -0.05) is 121 Å². The van der Waals surface area contributed by atoms with Gasteiger partial charge in [-0.15, -0.1) is 11.3 Å². The van der Waals surface area contributed by atoms with Gasteiger partial charge in [-0.05, 0) is 46.5 Å². The van der Waals surface area contributed by atoms with Crippen molar-refractivity contribution in [3.63, 3.8) is 0 Å². The Kier molecular flexibility index (Phi) is 5.81. The van der Waals surface area contributed by atoms with Crippen molar-refractivity contribution in [2.75, 3.05) is 4.90 Å². The zero-order chi connectivity index (χ0) is 29.0. The minimum atomic E-state index is 0.135. The third-order valence-corrected chi connectivity index (χ3v) is 10.1. The van der Waals surface area contributed by atoms with Crippen molar-refractivity contribution >= 4 is 43.1 Å². The second-order valence-corrected chi connectivity index (χ2v) is 12.4. The summed E-state index contributed by atoms with van der Waals surface area (Å²) in [4.78, 5) is 12.4. The molecule has 2 aliphatic rings. The monoisotopic (exact) mass is 581 g/mol. The molecule has 0 saturated heterocycles. The molecule has 0 bridgehead atoms. The minimum absolute atomic E-state index is 0.135. The molecule has 3 heterocycles. The van der Waals surface area contributed by atoms with Gasteiger partial charge in [-0.2, -0.15) is 0 Å². The molecule has 0 radical (unpaired) electrons. The Hall–Kier alpha value is -5.32. The molecular formula is C40H27N3S. The van der Waals surface area contributed by atoms with Gasteiger partial charge in [0.25, 0.3) is 0 Å². The summed E-state index contributed by atoms with van der Waals surface area (Å²) >= 11 is 1.89. The number of allylic oxidation sites excluding steroid dienone is 2. The molecule has 208 valence electrons. The highest BCUT2D eigenvalue weighted by Gasteiger charge is 2.40. The molecule has 5 aromatic carbocycles. The Morgan fingerprint density at radius 3 is 2.20 bits per heavy atom. The number of hydrogen-bond donors (Lipinski definition) is 0. The number of thiophene rings is 1. The fourth-order valence-corrected chi connectivity index (χ4v) is 8.10. The maximum absolute atomic E-state index is 5.19. The van der Waals surface area contributed by atoms with E-state index in [0.29, 0.717) is 0 Å². The predicted molar refractivity (Wildman–Crippen MR) is 185 cm³/mol. The van der Waals surface area contributed by atoms with Crippen LogP contribution in [-0.2, 0) is 0 Å². The maximum atomic E-state index is 5.19. The van der Waals surface area contributed by atoms with Crippen molar-refractivity contribution in [1.82, 2.24) is 9.97 Å². The first-order chi connectivity index (χ1) is 21.8. The summed E-state index contributed by atoms with van der Waals surface area (Å²) < 4.78 is 2.69. The van der Waals surface area contributed by atoms with Gasteiger partial charge in [0.1, 0.15) is 0 Å². The van der Waals surface area contributed by atoms with Crippen LogP contribution in [-0.4, -0.2) is 16.0 Å². The molecule has 0 spiro atoms. The summed E-state index contributed by atoms with van der Waals surface area (Å²) in [5.74, 6) is 0.982. The lowest BCUT2D eigenvalue weighted by molar-refractivity contribution is 0.732. The van der Waals surface area contributed by atoms with Crippen LogP contribution in [0.4, 0.5) is 11.6 Å². The summed E-state index contributed by atoms with van der Waals surface area (Å²) in [6.07, 6.45) is 10.9. The lowest BCUT2D eigenvalue weighted by Gasteiger charge is -2.26. The Morgan fingerprint density at radius 2 is 1.32 bits per heavy atom. The average Bonchev–Trinajstić information content (AvgIpc) is 3.65. The summed E-state index contributed by atoms with van der Waals surface area (Å²) in [5.41, 5.74) is 9.36. The summed E-state index contributed by atoms with van der Waals surface area (Å²) in [7, 11) is 0. The van der Waals surface area contributed by atoms with Crippen LogP contribution in [0.2, 0.25) is 0 Å². The molecule has 4 heteroatoms. The fraction of sp³-hybridized carbons (Fsp3) is 0.0500. The summed E-state index contributed by atoms with van der Waals surface area (Å²) in [6.45, 7) is 0. The lowest BCUT2D eigenvalue weighted by atomic mass is 9.91. The van der Waals surface area contributed by atoms with Crippen molar-refractivity contribution < 1.29 is 0 Å². The van der Waals surface area contributed by atoms with Crippen LogP contribution in [0.25, 0.3) is 53.7 Å². The molecule has 0 saturated carbocycles. The zero-order valence-corrected chi connectivity index (χ0v) is 24.7. The smallest absolute Gasteiger partial charge is 0.231 e. The highest BCUT2D eigenvalue weighted by molar-refractivity contribution is 7.26. The molecule has 2 unspecified atom stereocenters. The normalized spacial score (nSPS) is 16.9. The van der Waals surface area contributed by atoms with E-state index >= 15 is 0 Å². The second-order valence-electron chi connectivity index (χ2n) is 11.4. The highest BCUT2D eigenvalue weighted by Crippen LogP contribution is 2.52. The number of nitrogens with zero attached hydrogens (tertiary/aromatic N) is 3. The van der Waals surface area contributed by atoms with E-state index in [2.05, 4.69) is 144 Å². The predicted octanol–water partition coefficient (Wildman–Crippen LogP) is 10.6. The van der Waals surface area contributed by atoms with Crippen LogP contribution < -0.4 is 4.90 Å². The van der Waals surface area contributed by atoms with E-state index in [1.807, 2.05) is 23.6 Å². The molecule has 3 nitrogen and oxygen atoms in total. The molecular weight excluding hydrogens is 555 g/mol. The molecule has 0 N–H and O–H groups in total. The summed E-state index contributed by atoms with van der Waals surface area (Å²) in [6, 6.07) is 43.4. The number of benzene rings is 5. The molecule has 2 aromatic heterocycles. The van der Waals surface area contributed by atoms with Crippen LogP contribution >= 0.6 is 11.3 Å². The van der Waals surface area contributed by atoms with Crippen LogP contribution in [0.15, 0.2) is 152 Å². The third kappa shape index (κ3) is 4.03. The van der Waals surface area contributed by atoms with Crippen LogP contribution in [0.3, 0.4) is 0 Å². The summed E-state index contributed by atoms with van der Waals surface area (Å²) in [5, 5.41) is 2.66. The van der Waals surface area contributed by atoms with Gasteiger partial charge >= 0.3 is 0 Å². The van der Waals surface area contributed by atoms with Gasteiger partial charge < -0.3 is 4.90 Å². The highest BCUT2D eigenvalue weighted by atomic mass is 32.1. The van der Waals surface area contributed by atoms with Gasteiger partial charge in [0, 0.05) is 49.1 Å². The Labute approximate surface area is 260 Å². The first-order valence-corrected chi connectivity index (χ1v) is 15.8. The van der Waals surface area contributed by atoms with Gasteiger partial charge in [0.2, 0.25) is 5.95 Å². The van der Waals surface area contributed by atoms with E-state index in [0.717, 1.165) is 17.2 Å².